The first-order chi connectivity index (χ1) is 6.33. The Bertz CT molecular complexity index is 357. The lowest BCUT2D eigenvalue weighted by molar-refractivity contribution is 1.02. The second-order valence-corrected chi connectivity index (χ2v) is 2.99. The highest BCUT2D eigenvalue weighted by Gasteiger charge is 2.11. The molecule has 0 aliphatic carbocycles. The summed E-state index contributed by atoms with van der Waals surface area (Å²) < 4.78 is 0. The van der Waals surface area contributed by atoms with Crippen molar-refractivity contribution in [3.63, 3.8) is 0 Å². The van der Waals surface area contributed by atoms with E-state index >= 15 is 0 Å². The van der Waals surface area contributed by atoms with E-state index in [1.54, 1.807) is 6.34 Å². The second kappa shape index (κ2) is 3.06. The number of nitrogens with one attached hydrogen (secondary N) is 1. The zero-order valence-corrected chi connectivity index (χ0v) is 7.25. The van der Waals surface area contributed by atoms with Crippen molar-refractivity contribution in [3.8, 4) is 0 Å². The van der Waals surface area contributed by atoms with Gasteiger partial charge in [0.2, 0.25) is 0 Å². The lowest BCUT2D eigenvalue weighted by atomic mass is 10.0. The van der Waals surface area contributed by atoms with Crippen LogP contribution in [0, 0.1) is 0 Å². The number of hydrogen-bond acceptors (Lipinski definition) is 4. The molecule has 0 fully saturated rings. The molecule has 0 bridgehead atoms. The number of anilines is 2. The van der Waals surface area contributed by atoms with Crippen LogP contribution in [0.2, 0.25) is 0 Å². The molecule has 0 atom stereocenters. The quantitative estimate of drug-likeness (QED) is 0.551. The summed E-state index contributed by atoms with van der Waals surface area (Å²) in [7, 11) is 0. The molecule has 0 saturated carbocycles. The molecule has 0 amide bonds. The second-order valence-electron chi connectivity index (χ2n) is 2.99. The maximum Gasteiger partial charge on any atom is 0.0872 e. The third kappa shape index (κ3) is 1.25. The van der Waals surface area contributed by atoms with Gasteiger partial charge in [0, 0.05) is 17.8 Å². The molecule has 1 aromatic carbocycles. The highest BCUT2D eigenvalue weighted by Crippen LogP contribution is 2.28. The summed E-state index contributed by atoms with van der Waals surface area (Å²) in [6.07, 6.45) is 1.68. The first kappa shape index (κ1) is 8.07. The minimum atomic E-state index is 0.454. The van der Waals surface area contributed by atoms with E-state index in [4.69, 9.17) is 11.5 Å². The van der Waals surface area contributed by atoms with Crippen LogP contribution in [0.4, 0.5) is 11.4 Å². The predicted molar refractivity (Wildman–Crippen MR) is 54.6 cm³/mol. The monoisotopic (exact) mass is 176 g/mol. The van der Waals surface area contributed by atoms with Gasteiger partial charge in [-0.1, -0.05) is 6.07 Å². The predicted octanol–water partition coefficient (Wildman–Crippen LogP) is 0.681. The van der Waals surface area contributed by atoms with Gasteiger partial charge in [-0.3, -0.25) is 4.99 Å². The molecule has 13 heavy (non-hydrogen) atoms. The minimum absolute atomic E-state index is 0.454. The van der Waals surface area contributed by atoms with Gasteiger partial charge in [-0.25, -0.2) is 0 Å². The normalized spacial score (nSPS) is 13.6. The number of fused-ring (bicyclic) bond motifs is 1. The SMILES string of the molecule is NCc1c(N)ccc2c1NC=NC2. The zero-order chi connectivity index (χ0) is 9.26. The summed E-state index contributed by atoms with van der Waals surface area (Å²) in [5, 5.41) is 3.07. The van der Waals surface area contributed by atoms with Crippen molar-refractivity contribution in [2.24, 2.45) is 10.7 Å². The van der Waals surface area contributed by atoms with Crippen molar-refractivity contribution < 1.29 is 0 Å². The number of rotatable bonds is 1. The molecular weight excluding hydrogens is 164 g/mol. The topological polar surface area (TPSA) is 76.4 Å². The van der Waals surface area contributed by atoms with Crippen molar-refractivity contribution in [2.75, 3.05) is 11.1 Å². The average Bonchev–Trinajstić information content (AvgIpc) is 2.18. The maximum absolute atomic E-state index is 5.79. The number of nitrogens with zero attached hydrogens (tertiary/aromatic N) is 1. The summed E-state index contributed by atoms with van der Waals surface area (Å²) in [6.45, 7) is 1.16. The Labute approximate surface area is 76.6 Å². The van der Waals surface area contributed by atoms with E-state index < -0.39 is 0 Å². The largest absolute Gasteiger partial charge is 0.398 e. The third-order valence-electron chi connectivity index (χ3n) is 2.20. The van der Waals surface area contributed by atoms with Gasteiger partial charge in [-0.05, 0) is 11.6 Å². The van der Waals surface area contributed by atoms with Crippen molar-refractivity contribution in [1.82, 2.24) is 0 Å². The minimum Gasteiger partial charge on any atom is -0.398 e. The van der Waals surface area contributed by atoms with Crippen LogP contribution in [-0.2, 0) is 13.1 Å². The molecule has 1 heterocycles. The van der Waals surface area contributed by atoms with Gasteiger partial charge in [-0.15, -0.1) is 0 Å². The van der Waals surface area contributed by atoms with Crippen LogP contribution in [0.5, 0.6) is 0 Å². The molecule has 0 unspecified atom stereocenters. The Morgan fingerprint density at radius 2 is 2.31 bits per heavy atom. The highest BCUT2D eigenvalue weighted by atomic mass is 15.0. The van der Waals surface area contributed by atoms with Crippen molar-refractivity contribution in [2.45, 2.75) is 13.1 Å². The number of benzene rings is 1. The van der Waals surface area contributed by atoms with Crippen LogP contribution in [-0.4, -0.2) is 6.34 Å². The van der Waals surface area contributed by atoms with Crippen LogP contribution in [0.1, 0.15) is 11.1 Å². The van der Waals surface area contributed by atoms with Crippen molar-refractivity contribution in [3.05, 3.63) is 23.3 Å². The third-order valence-corrected chi connectivity index (χ3v) is 2.20. The Morgan fingerprint density at radius 1 is 1.46 bits per heavy atom. The van der Waals surface area contributed by atoms with E-state index in [0.29, 0.717) is 13.1 Å². The lowest BCUT2D eigenvalue weighted by Crippen LogP contribution is -2.12. The fourth-order valence-corrected chi connectivity index (χ4v) is 1.50. The Hall–Kier alpha value is -1.55. The van der Waals surface area contributed by atoms with E-state index in [1.165, 1.54) is 0 Å². The number of nitrogens with two attached hydrogens (primary N) is 2. The van der Waals surface area contributed by atoms with Gasteiger partial charge in [0.25, 0.3) is 0 Å². The van der Waals surface area contributed by atoms with Gasteiger partial charge in [-0.2, -0.15) is 0 Å². The van der Waals surface area contributed by atoms with Crippen molar-refractivity contribution >= 4 is 17.7 Å². The first-order valence-corrected chi connectivity index (χ1v) is 4.18. The molecule has 0 radical (unpaired) electrons. The Balaban J connectivity index is 2.56. The molecule has 2 rings (SSSR count). The fourth-order valence-electron chi connectivity index (χ4n) is 1.50. The van der Waals surface area contributed by atoms with Gasteiger partial charge in [0.05, 0.1) is 18.6 Å². The standard InChI is InChI=1S/C9H12N4/c10-3-7-8(11)2-1-6-4-12-5-13-9(6)7/h1-2,5H,3-4,10-11H2,(H,12,13). The molecule has 4 heteroatoms. The van der Waals surface area contributed by atoms with Crippen LogP contribution >= 0.6 is 0 Å². The van der Waals surface area contributed by atoms with Crippen LogP contribution in [0.25, 0.3) is 0 Å². The molecule has 0 aromatic heterocycles. The summed E-state index contributed by atoms with van der Waals surface area (Å²) >= 11 is 0. The van der Waals surface area contributed by atoms with Gasteiger partial charge in [0.1, 0.15) is 0 Å². The zero-order valence-electron chi connectivity index (χ0n) is 7.25. The van der Waals surface area contributed by atoms with Gasteiger partial charge in [0.15, 0.2) is 0 Å². The van der Waals surface area contributed by atoms with Crippen molar-refractivity contribution in [1.29, 1.82) is 0 Å². The smallest absolute Gasteiger partial charge is 0.0872 e. The molecule has 1 aromatic rings. The summed E-state index contributed by atoms with van der Waals surface area (Å²) in [5.74, 6) is 0. The highest BCUT2D eigenvalue weighted by molar-refractivity contribution is 5.84. The molecule has 5 N–H and O–H groups in total. The van der Waals surface area contributed by atoms with E-state index in [1.807, 2.05) is 12.1 Å². The van der Waals surface area contributed by atoms with E-state index in [2.05, 4.69) is 10.3 Å². The average molecular weight is 176 g/mol. The molecule has 68 valence electrons. The molecule has 0 spiro atoms. The van der Waals surface area contributed by atoms with Crippen LogP contribution in [0.3, 0.4) is 0 Å². The molecular formula is C9H12N4. The summed E-state index contributed by atoms with van der Waals surface area (Å²) in [5.41, 5.74) is 15.3. The summed E-state index contributed by atoms with van der Waals surface area (Å²) in [6, 6.07) is 3.86. The van der Waals surface area contributed by atoms with Gasteiger partial charge >= 0.3 is 0 Å². The van der Waals surface area contributed by atoms with E-state index in [9.17, 15) is 0 Å². The molecule has 4 nitrogen and oxygen atoms in total. The first-order valence-electron chi connectivity index (χ1n) is 4.18. The molecule has 1 aliphatic rings. The fraction of sp³-hybridized carbons (Fsp3) is 0.222. The van der Waals surface area contributed by atoms with Gasteiger partial charge < -0.3 is 16.8 Å². The number of aliphatic imine (C=N–C) groups is 1. The summed E-state index contributed by atoms with van der Waals surface area (Å²) in [4.78, 5) is 4.11. The van der Waals surface area contributed by atoms with Crippen LogP contribution in [0.15, 0.2) is 17.1 Å². The Morgan fingerprint density at radius 3 is 3.08 bits per heavy atom. The lowest BCUT2D eigenvalue weighted by Gasteiger charge is -2.17. The van der Waals surface area contributed by atoms with E-state index in [-0.39, 0.29) is 0 Å². The maximum atomic E-state index is 5.79. The number of hydrogen-bond donors (Lipinski definition) is 3. The van der Waals surface area contributed by atoms with Crippen LogP contribution < -0.4 is 16.8 Å². The number of nitrogen functional groups attached to an aromatic ring is 1. The molecule has 0 saturated heterocycles. The Kier molecular flexibility index (Phi) is 1.90. The van der Waals surface area contributed by atoms with E-state index in [0.717, 1.165) is 22.5 Å². The molecule has 1 aliphatic heterocycles.